The van der Waals surface area contributed by atoms with Crippen LogP contribution in [0.4, 0.5) is 15.8 Å². The molecule has 0 saturated heterocycles. The first-order valence-electron chi connectivity index (χ1n) is 5.99. The minimum atomic E-state index is -0.489. The summed E-state index contributed by atoms with van der Waals surface area (Å²) in [5.74, 6) is 1.18. The largest absolute Gasteiger partial charge is 0.396 e. The summed E-state index contributed by atoms with van der Waals surface area (Å²) in [6.45, 7) is 0. The summed E-state index contributed by atoms with van der Waals surface area (Å²) in [5.41, 5.74) is 5.97. The van der Waals surface area contributed by atoms with E-state index in [0.717, 1.165) is 24.7 Å². The molecule has 2 saturated carbocycles. The van der Waals surface area contributed by atoms with Crippen LogP contribution in [0.5, 0.6) is 0 Å². The first-order chi connectivity index (χ1) is 8.13. The Morgan fingerprint density at radius 3 is 2.65 bits per heavy atom. The number of benzene rings is 1. The van der Waals surface area contributed by atoms with Crippen molar-refractivity contribution in [2.24, 2.45) is 17.8 Å². The number of carbonyl (C=O) groups is 1. The number of hydrogen-bond acceptors (Lipinski definition) is 2. The van der Waals surface area contributed by atoms with E-state index in [1.165, 1.54) is 18.6 Å². The first kappa shape index (κ1) is 10.6. The van der Waals surface area contributed by atoms with Crippen LogP contribution >= 0.6 is 0 Å². The van der Waals surface area contributed by atoms with Gasteiger partial charge in [0.25, 0.3) is 0 Å². The van der Waals surface area contributed by atoms with Gasteiger partial charge in [0.1, 0.15) is 5.82 Å². The van der Waals surface area contributed by atoms with Crippen molar-refractivity contribution in [3.05, 3.63) is 24.0 Å². The molecule has 3 nitrogen and oxygen atoms in total. The van der Waals surface area contributed by atoms with Gasteiger partial charge < -0.3 is 11.1 Å². The van der Waals surface area contributed by atoms with Gasteiger partial charge in [-0.3, -0.25) is 4.79 Å². The summed E-state index contributed by atoms with van der Waals surface area (Å²) < 4.78 is 13.2. The lowest BCUT2D eigenvalue weighted by molar-refractivity contribution is -0.120. The van der Waals surface area contributed by atoms with Crippen LogP contribution in [0, 0.1) is 23.6 Å². The summed E-state index contributed by atoms with van der Waals surface area (Å²) >= 11 is 0. The molecule has 0 bridgehead atoms. The maximum atomic E-state index is 13.2. The summed E-state index contributed by atoms with van der Waals surface area (Å²) in [7, 11) is 0. The Hall–Kier alpha value is -1.58. The van der Waals surface area contributed by atoms with Gasteiger partial charge in [0, 0.05) is 11.6 Å². The van der Waals surface area contributed by atoms with Gasteiger partial charge in [-0.15, -0.1) is 0 Å². The first-order valence-corrected chi connectivity index (χ1v) is 5.99. The van der Waals surface area contributed by atoms with Crippen LogP contribution in [0.2, 0.25) is 0 Å². The number of anilines is 2. The number of nitrogens with two attached hydrogens (primary N) is 1. The summed E-state index contributed by atoms with van der Waals surface area (Å²) in [6, 6.07) is 4.37. The zero-order valence-corrected chi connectivity index (χ0v) is 9.45. The maximum Gasteiger partial charge on any atom is 0.227 e. The van der Waals surface area contributed by atoms with Gasteiger partial charge in [-0.25, -0.2) is 4.39 Å². The fraction of sp³-hybridized carbons (Fsp3) is 0.462. The average Bonchev–Trinajstić information content (AvgIpc) is 2.91. The molecule has 3 N–H and O–H groups in total. The number of carbonyl (C=O) groups excluding carboxylic acids is 1. The van der Waals surface area contributed by atoms with Crippen molar-refractivity contribution in [1.29, 1.82) is 0 Å². The van der Waals surface area contributed by atoms with Crippen LogP contribution in [-0.4, -0.2) is 5.91 Å². The van der Waals surface area contributed by atoms with E-state index in [2.05, 4.69) is 5.32 Å². The summed E-state index contributed by atoms with van der Waals surface area (Å²) in [4.78, 5) is 11.9. The molecule has 2 fully saturated rings. The molecule has 4 heteroatoms. The Bertz CT molecular complexity index is 464. The van der Waals surface area contributed by atoms with E-state index in [0.29, 0.717) is 5.69 Å². The van der Waals surface area contributed by atoms with Crippen LogP contribution in [0.1, 0.15) is 19.3 Å². The van der Waals surface area contributed by atoms with Crippen molar-refractivity contribution in [1.82, 2.24) is 0 Å². The van der Waals surface area contributed by atoms with Crippen LogP contribution in [0.3, 0.4) is 0 Å². The predicted octanol–water partition coefficient (Wildman–Crippen LogP) is 2.39. The molecule has 0 aliphatic heterocycles. The number of amides is 1. The summed E-state index contributed by atoms with van der Waals surface area (Å²) in [6.07, 6.45) is 3.28. The second-order valence-corrected chi connectivity index (χ2v) is 5.15. The van der Waals surface area contributed by atoms with Crippen molar-refractivity contribution in [2.45, 2.75) is 19.3 Å². The SMILES string of the molecule is Nc1ccc(NC(=O)C2CC3CC3C2)cc1F. The third-order valence-corrected chi connectivity index (χ3v) is 3.88. The van der Waals surface area contributed by atoms with Crippen LogP contribution < -0.4 is 11.1 Å². The lowest BCUT2D eigenvalue weighted by atomic mass is 10.0. The van der Waals surface area contributed by atoms with E-state index in [-0.39, 0.29) is 17.5 Å². The molecule has 17 heavy (non-hydrogen) atoms. The highest BCUT2D eigenvalue weighted by Gasteiger charge is 2.47. The quantitative estimate of drug-likeness (QED) is 0.772. The Labute approximate surface area is 99.2 Å². The molecule has 0 radical (unpaired) electrons. The standard InChI is InChI=1S/C13H15FN2O/c14-11-6-10(1-2-12(11)15)16-13(17)9-4-7-3-8(7)5-9/h1-2,6-9H,3-5,15H2,(H,16,17). The molecule has 1 aromatic rings. The lowest BCUT2D eigenvalue weighted by Gasteiger charge is -2.12. The average molecular weight is 234 g/mol. The van der Waals surface area contributed by atoms with Crippen molar-refractivity contribution in [3.63, 3.8) is 0 Å². The lowest BCUT2D eigenvalue weighted by Crippen LogP contribution is -2.21. The third kappa shape index (κ3) is 1.99. The molecule has 90 valence electrons. The molecule has 3 rings (SSSR count). The smallest absolute Gasteiger partial charge is 0.227 e. The molecular weight excluding hydrogens is 219 g/mol. The van der Waals surface area contributed by atoms with Crippen molar-refractivity contribution in [3.8, 4) is 0 Å². The van der Waals surface area contributed by atoms with E-state index in [9.17, 15) is 9.18 Å². The molecule has 2 aliphatic rings. The number of hydrogen-bond donors (Lipinski definition) is 2. The highest BCUT2D eigenvalue weighted by atomic mass is 19.1. The van der Waals surface area contributed by atoms with Crippen molar-refractivity contribution < 1.29 is 9.18 Å². The van der Waals surface area contributed by atoms with Gasteiger partial charge in [-0.1, -0.05) is 0 Å². The monoisotopic (exact) mass is 234 g/mol. The maximum absolute atomic E-state index is 13.2. The van der Waals surface area contributed by atoms with Gasteiger partial charge in [0.2, 0.25) is 5.91 Å². The predicted molar refractivity (Wildman–Crippen MR) is 63.8 cm³/mol. The van der Waals surface area contributed by atoms with Gasteiger partial charge in [-0.05, 0) is 49.3 Å². The minimum Gasteiger partial charge on any atom is -0.396 e. The number of halogens is 1. The third-order valence-electron chi connectivity index (χ3n) is 3.88. The van der Waals surface area contributed by atoms with E-state index in [1.807, 2.05) is 0 Å². The van der Waals surface area contributed by atoms with Gasteiger partial charge in [-0.2, -0.15) is 0 Å². The topological polar surface area (TPSA) is 55.1 Å². The van der Waals surface area contributed by atoms with Crippen LogP contribution in [0.25, 0.3) is 0 Å². The molecule has 0 aromatic heterocycles. The normalized spacial score (nSPS) is 29.8. The van der Waals surface area contributed by atoms with E-state index in [1.54, 1.807) is 6.07 Å². The second-order valence-electron chi connectivity index (χ2n) is 5.15. The van der Waals surface area contributed by atoms with Crippen LogP contribution in [-0.2, 0) is 4.79 Å². The number of nitrogen functional groups attached to an aromatic ring is 1. The Morgan fingerprint density at radius 2 is 2.00 bits per heavy atom. The number of nitrogens with one attached hydrogen (secondary N) is 1. The molecule has 2 aliphatic carbocycles. The molecule has 1 amide bonds. The number of fused-ring (bicyclic) bond motifs is 1. The van der Waals surface area contributed by atoms with Gasteiger partial charge in [0.15, 0.2) is 0 Å². The van der Waals surface area contributed by atoms with Gasteiger partial charge in [0.05, 0.1) is 5.69 Å². The minimum absolute atomic E-state index is 0.0152. The highest BCUT2D eigenvalue weighted by Crippen LogP contribution is 2.54. The molecule has 2 unspecified atom stereocenters. The van der Waals surface area contributed by atoms with Crippen molar-refractivity contribution in [2.75, 3.05) is 11.1 Å². The molecule has 0 spiro atoms. The molecule has 0 heterocycles. The fourth-order valence-electron chi connectivity index (χ4n) is 2.78. The van der Waals surface area contributed by atoms with Crippen molar-refractivity contribution >= 4 is 17.3 Å². The molecular formula is C13H15FN2O. The zero-order valence-electron chi connectivity index (χ0n) is 9.45. The Kier molecular flexibility index (Phi) is 2.31. The van der Waals surface area contributed by atoms with E-state index < -0.39 is 5.82 Å². The van der Waals surface area contributed by atoms with E-state index >= 15 is 0 Å². The summed E-state index contributed by atoms with van der Waals surface area (Å²) in [5, 5.41) is 2.76. The zero-order chi connectivity index (χ0) is 12.0. The Morgan fingerprint density at radius 1 is 1.29 bits per heavy atom. The molecule has 2 atom stereocenters. The van der Waals surface area contributed by atoms with E-state index in [4.69, 9.17) is 5.73 Å². The highest BCUT2D eigenvalue weighted by molar-refractivity contribution is 5.93. The Balaban J connectivity index is 1.65. The van der Waals surface area contributed by atoms with Crippen LogP contribution in [0.15, 0.2) is 18.2 Å². The number of rotatable bonds is 2. The van der Waals surface area contributed by atoms with Gasteiger partial charge >= 0.3 is 0 Å². The second kappa shape index (κ2) is 3.72. The fourth-order valence-corrected chi connectivity index (χ4v) is 2.78. The molecule has 1 aromatic carbocycles.